The van der Waals surface area contributed by atoms with E-state index >= 15 is 0 Å². The summed E-state index contributed by atoms with van der Waals surface area (Å²) in [6, 6.07) is 5.52. The molecular formula is C15H15ClN4O2. The van der Waals surface area contributed by atoms with Crippen molar-refractivity contribution in [2.75, 3.05) is 14.2 Å². The number of pyridine rings is 2. The lowest BCUT2D eigenvalue weighted by atomic mass is 10.1. The first-order valence-electron chi connectivity index (χ1n) is 6.70. The van der Waals surface area contributed by atoms with Gasteiger partial charge in [0.15, 0.2) is 6.29 Å². The monoisotopic (exact) mass is 318 g/mol. The topological polar surface area (TPSA) is 62.1 Å². The van der Waals surface area contributed by atoms with Gasteiger partial charge in [0.25, 0.3) is 0 Å². The largest absolute Gasteiger partial charge is 0.354 e. The number of rotatable bonds is 5. The molecule has 0 aliphatic rings. The zero-order valence-electron chi connectivity index (χ0n) is 12.2. The lowest BCUT2D eigenvalue weighted by molar-refractivity contribution is -0.112. The van der Waals surface area contributed by atoms with Crippen LogP contribution in [0, 0.1) is 0 Å². The minimum absolute atomic E-state index is 0.331. The van der Waals surface area contributed by atoms with Gasteiger partial charge < -0.3 is 9.47 Å². The molecule has 3 aromatic rings. The van der Waals surface area contributed by atoms with Crippen LogP contribution < -0.4 is 0 Å². The van der Waals surface area contributed by atoms with E-state index in [0.29, 0.717) is 11.7 Å². The van der Waals surface area contributed by atoms with Gasteiger partial charge in [-0.3, -0.25) is 9.67 Å². The van der Waals surface area contributed by atoms with E-state index in [1.165, 1.54) is 0 Å². The van der Waals surface area contributed by atoms with Crippen LogP contribution in [0.3, 0.4) is 0 Å². The van der Waals surface area contributed by atoms with Crippen LogP contribution in [-0.2, 0) is 16.0 Å². The van der Waals surface area contributed by atoms with Crippen molar-refractivity contribution in [3.63, 3.8) is 0 Å². The second-order valence-electron chi connectivity index (χ2n) is 4.75. The Kier molecular flexibility index (Phi) is 4.33. The van der Waals surface area contributed by atoms with Crippen molar-refractivity contribution in [3.05, 3.63) is 41.9 Å². The third kappa shape index (κ3) is 3.09. The maximum absolute atomic E-state index is 5.93. The summed E-state index contributed by atoms with van der Waals surface area (Å²) in [6.07, 6.45) is 5.15. The zero-order valence-corrected chi connectivity index (χ0v) is 13.0. The van der Waals surface area contributed by atoms with Crippen LogP contribution in [0.5, 0.6) is 0 Å². The third-order valence-corrected chi connectivity index (χ3v) is 3.54. The molecule has 114 valence electrons. The highest BCUT2D eigenvalue weighted by Crippen LogP contribution is 2.22. The standard InChI is InChI=1S/C15H15ClN4O2/c1-21-15(22-2)9-20-8-11(7-18-20)10-5-13-12(17-6-10)3-4-14(16)19-13/h3-8,15H,9H2,1-2H3. The quantitative estimate of drug-likeness (QED) is 0.534. The summed E-state index contributed by atoms with van der Waals surface area (Å²) in [4.78, 5) is 8.67. The first kappa shape index (κ1) is 14.9. The molecule has 7 heteroatoms. The molecule has 0 atom stereocenters. The average molecular weight is 319 g/mol. The van der Waals surface area contributed by atoms with Crippen LogP contribution in [0.1, 0.15) is 0 Å². The van der Waals surface area contributed by atoms with Crippen LogP contribution in [0.15, 0.2) is 36.8 Å². The van der Waals surface area contributed by atoms with Crippen LogP contribution in [-0.4, -0.2) is 40.3 Å². The Morgan fingerprint density at radius 3 is 2.73 bits per heavy atom. The number of methoxy groups -OCH3 is 2. The van der Waals surface area contributed by atoms with Gasteiger partial charge in [0, 0.05) is 37.7 Å². The van der Waals surface area contributed by atoms with Crippen molar-refractivity contribution < 1.29 is 9.47 Å². The summed E-state index contributed by atoms with van der Waals surface area (Å²) in [5, 5.41) is 4.76. The van der Waals surface area contributed by atoms with E-state index in [-0.39, 0.29) is 6.29 Å². The first-order valence-corrected chi connectivity index (χ1v) is 7.08. The van der Waals surface area contributed by atoms with Gasteiger partial charge in [-0.25, -0.2) is 4.98 Å². The minimum atomic E-state index is -0.331. The van der Waals surface area contributed by atoms with E-state index in [9.17, 15) is 0 Å². The molecule has 0 bridgehead atoms. The summed E-state index contributed by atoms with van der Waals surface area (Å²) in [5.74, 6) is 0. The Morgan fingerprint density at radius 1 is 1.14 bits per heavy atom. The fourth-order valence-electron chi connectivity index (χ4n) is 2.15. The first-order chi connectivity index (χ1) is 10.7. The second-order valence-corrected chi connectivity index (χ2v) is 5.14. The molecular weight excluding hydrogens is 304 g/mol. The van der Waals surface area contributed by atoms with Gasteiger partial charge in [0.05, 0.1) is 23.8 Å². The molecule has 3 rings (SSSR count). The molecule has 0 saturated carbocycles. The maximum atomic E-state index is 5.93. The smallest absolute Gasteiger partial charge is 0.176 e. The van der Waals surface area contributed by atoms with E-state index in [1.807, 2.05) is 18.3 Å². The van der Waals surface area contributed by atoms with Gasteiger partial charge in [0.1, 0.15) is 5.15 Å². The Bertz CT molecular complexity index is 786. The fraction of sp³-hybridized carbons (Fsp3) is 0.267. The molecule has 22 heavy (non-hydrogen) atoms. The normalized spacial score (nSPS) is 11.5. The summed E-state index contributed by atoms with van der Waals surface area (Å²) in [7, 11) is 3.20. The van der Waals surface area contributed by atoms with E-state index in [4.69, 9.17) is 21.1 Å². The van der Waals surface area contributed by atoms with Gasteiger partial charge in [-0.2, -0.15) is 5.10 Å². The van der Waals surface area contributed by atoms with Crippen LogP contribution >= 0.6 is 11.6 Å². The molecule has 6 nitrogen and oxygen atoms in total. The number of aromatic nitrogens is 4. The van der Waals surface area contributed by atoms with Gasteiger partial charge in [-0.15, -0.1) is 0 Å². The molecule has 0 aliphatic carbocycles. The van der Waals surface area contributed by atoms with Gasteiger partial charge in [-0.05, 0) is 18.2 Å². The number of ether oxygens (including phenoxy) is 2. The molecule has 0 amide bonds. The number of halogens is 1. The molecule has 0 radical (unpaired) electrons. The highest BCUT2D eigenvalue weighted by atomic mass is 35.5. The number of hydrogen-bond acceptors (Lipinski definition) is 5. The molecule has 0 unspecified atom stereocenters. The molecule has 0 fully saturated rings. The third-order valence-electron chi connectivity index (χ3n) is 3.33. The number of fused-ring (bicyclic) bond motifs is 1. The zero-order chi connectivity index (χ0) is 15.5. The van der Waals surface area contributed by atoms with E-state index in [2.05, 4.69) is 15.1 Å². The molecule has 0 saturated heterocycles. The van der Waals surface area contributed by atoms with Crippen LogP contribution in [0.25, 0.3) is 22.2 Å². The Hall–Kier alpha value is -2.02. The predicted octanol–water partition coefficient (Wildman–Crippen LogP) is 2.77. The summed E-state index contributed by atoms with van der Waals surface area (Å²) < 4.78 is 12.1. The van der Waals surface area contributed by atoms with Crippen LogP contribution in [0.2, 0.25) is 5.15 Å². The maximum Gasteiger partial charge on any atom is 0.176 e. The van der Waals surface area contributed by atoms with Gasteiger partial charge in [-0.1, -0.05) is 11.6 Å². The summed E-state index contributed by atoms with van der Waals surface area (Å²) in [6.45, 7) is 0.512. The summed E-state index contributed by atoms with van der Waals surface area (Å²) >= 11 is 5.93. The molecule has 0 spiro atoms. The van der Waals surface area contributed by atoms with Crippen molar-refractivity contribution in [1.82, 2.24) is 19.7 Å². The highest BCUT2D eigenvalue weighted by Gasteiger charge is 2.09. The number of hydrogen-bond donors (Lipinski definition) is 0. The Morgan fingerprint density at radius 2 is 1.95 bits per heavy atom. The van der Waals surface area contributed by atoms with Gasteiger partial charge >= 0.3 is 0 Å². The SMILES string of the molecule is COC(Cn1cc(-c2cnc3ccc(Cl)nc3c2)cn1)OC. The van der Waals surface area contributed by atoms with Crippen molar-refractivity contribution in [2.24, 2.45) is 0 Å². The van der Waals surface area contributed by atoms with Crippen LogP contribution in [0.4, 0.5) is 0 Å². The van der Waals surface area contributed by atoms with E-state index in [0.717, 1.165) is 22.2 Å². The van der Waals surface area contributed by atoms with Crippen molar-refractivity contribution in [1.29, 1.82) is 0 Å². The Balaban J connectivity index is 1.89. The molecule has 0 aliphatic heterocycles. The van der Waals surface area contributed by atoms with E-state index in [1.54, 1.807) is 37.4 Å². The molecule has 0 aromatic carbocycles. The minimum Gasteiger partial charge on any atom is -0.354 e. The van der Waals surface area contributed by atoms with Crippen molar-refractivity contribution in [3.8, 4) is 11.1 Å². The number of nitrogens with zero attached hydrogens (tertiary/aromatic N) is 4. The van der Waals surface area contributed by atoms with Gasteiger partial charge in [0.2, 0.25) is 0 Å². The highest BCUT2D eigenvalue weighted by molar-refractivity contribution is 6.29. The predicted molar refractivity (Wildman–Crippen MR) is 83.6 cm³/mol. The lowest BCUT2D eigenvalue weighted by Gasteiger charge is -2.12. The molecule has 0 N–H and O–H groups in total. The van der Waals surface area contributed by atoms with Crippen molar-refractivity contribution >= 4 is 22.6 Å². The summed E-state index contributed by atoms with van der Waals surface area (Å²) in [5.41, 5.74) is 3.44. The Labute approximate surface area is 132 Å². The van der Waals surface area contributed by atoms with E-state index < -0.39 is 0 Å². The molecule has 3 heterocycles. The molecule has 3 aromatic heterocycles. The fourth-order valence-corrected chi connectivity index (χ4v) is 2.30. The lowest BCUT2D eigenvalue weighted by Crippen LogP contribution is -2.20. The van der Waals surface area contributed by atoms with Crippen molar-refractivity contribution in [2.45, 2.75) is 12.8 Å². The second kappa shape index (κ2) is 6.39. The average Bonchev–Trinajstić information content (AvgIpc) is 3.00.